The summed E-state index contributed by atoms with van der Waals surface area (Å²) in [5, 5.41) is 4.73. The van der Waals surface area contributed by atoms with Gasteiger partial charge >= 0.3 is 0 Å². The molecule has 0 bridgehead atoms. The Morgan fingerprint density at radius 1 is 1.24 bits per heavy atom. The third kappa shape index (κ3) is 4.02. The molecule has 2 rings (SSSR count). The van der Waals surface area contributed by atoms with E-state index in [1.165, 1.54) is 49.7 Å². The van der Waals surface area contributed by atoms with Crippen LogP contribution in [-0.4, -0.2) is 6.54 Å². The van der Waals surface area contributed by atoms with Gasteiger partial charge in [-0.3, -0.25) is 0 Å². The normalized spacial score (nSPS) is 24.0. The smallest absolute Gasteiger partial charge is 0.0438 e. The Morgan fingerprint density at radius 3 is 2.71 bits per heavy atom. The number of rotatable bonds is 6. The van der Waals surface area contributed by atoms with Gasteiger partial charge in [0.1, 0.15) is 0 Å². The van der Waals surface area contributed by atoms with Crippen LogP contribution in [0.25, 0.3) is 0 Å². The Balaban J connectivity index is 2.30. The van der Waals surface area contributed by atoms with Crippen LogP contribution in [0.15, 0.2) is 18.2 Å². The van der Waals surface area contributed by atoms with E-state index in [4.69, 9.17) is 11.6 Å². The first-order chi connectivity index (χ1) is 10.2. The van der Waals surface area contributed by atoms with E-state index in [1.807, 2.05) is 6.07 Å². The zero-order chi connectivity index (χ0) is 15.2. The first-order valence-corrected chi connectivity index (χ1v) is 9.05. The SMILES string of the molecule is CCCNC(c1cccc(Cl)c1C)C1CCCCC1CC. The Kier molecular flexibility index (Phi) is 6.57. The Hall–Kier alpha value is -0.530. The van der Waals surface area contributed by atoms with Crippen LogP contribution in [0.5, 0.6) is 0 Å². The van der Waals surface area contributed by atoms with Gasteiger partial charge in [0, 0.05) is 11.1 Å². The summed E-state index contributed by atoms with van der Waals surface area (Å²) >= 11 is 6.37. The van der Waals surface area contributed by atoms with Crippen molar-refractivity contribution in [1.29, 1.82) is 0 Å². The van der Waals surface area contributed by atoms with Crippen LogP contribution < -0.4 is 5.32 Å². The van der Waals surface area contributed by atoms with Gasteiger partial charge in [0.25, 0.3) is 0 Å². The van der Waals surface area contributed by atoms with E-state index in [0.717, 1.165) is 23.4 Å². The molecule has 2 heteroatoms. The Labute approximate surface area is 135 Å². The highest BCUT2D eigenvalue weighted by atomic mass is 35.5. The summed E-state index contributed by atoms with van der Waals surface area (Å²) in [4.78, 5) is 0. The molecule has 21 heavy (non-hydrogen) atoms. The molecule has 1 N–H and O–H groups in total. The predicted molar refractivity (Wildman–Crippen MR) is 93.0 cm³/mol. The molecule has 3 unspecified atom stereocenters. The van der Waals surface area contributed by atoms with E-state index in [9.17, 15) is 0 Å². The van der Waals surface area contributed by atoms with Crippen LogP contribution >= 0.6 is 11.6 Å². The largest absolute Gasteiger partial charge is 0.310 e. The molecular weight excluding hydrogens is 278 g/mol. The number of benzene rings is 1. The lowest BCUT2D eigenvalue weighted by Crippen LogP contribution is -2.35. The highest BCUT2D eigenvalue weighted by Gasteiger charge is 2.32. The number of halogens is 1. The molecule has 1 saturated carbocycles. The summed E-state index contributed by atoms with van der Waals surface area (Å²) in [7, 11) is 0. The van der Waals surface area contributed by atoms with E-state index < -0.39 is 0 Å². The lowest BCUT2D eigenvalue weighted by molar-refractivity contribution is 0.175. The fourth-order valence-corrected chi connectivity index (χ4v) is 4.12. The van der Waals surface area contributed by atoms with E-state index >= 15 is 0 Å². The highest BCUT2D eigenvalue weighted by molar-refractivity contribution is 6.31. The summed E-state index contributed by atoms with van der Waals surface area (Å²) in [6.45, 7) is 7.85. The van der Waals surface area contributed by atoms with Crippen LogP contribution in [-0.2, 0) is 0 Å². The van der Waals surface area contributed by atoms with Crippen molar-refractivity contribution in [2.75, 3.05) is 6.54 Å². The van der Waals surface area contributed by atoms with Gasteiger partial charge in [0.05, 0.1) is 0 Å². The second-order valence-corrected chi connectivity index (χ2v) is 6.91. The molecule has 1 aromatic rings. The van der Waals surface area contributed by atoms with Crippen LogP contribution in [0.2, 0.25) is 5.02 Å². The molecule has 1 fully saturated rings. The minimum Gasteiger partial charge on any atom is -0.310 e. The average Bonchev–Trinajstić information content (AvgIpc) is 2.52. The molecule has 0 amide bonds. The van der Waals surface area contributed by atoms with Gasteiger partial charge in [-0.05, 0) is 55.3 Å². The van der Waals surface area contributed by atoms with Gasteiger partial charge in [0.15, 0.2) is 0 Å². The van der Waals surface area contributed by atoms with Gasteiger partial charge < -0.3 is 5.32 Å². The molecule has 1 aromatic carbocycles. The van der Waals surface area contributed by atoms with Crippen molar-refractivity contribution >= 4 is 11.6 Å². The van der Waals surface area contributed by atoms with E-state index in [-0.39, 0.29) is 0 Å². The predicted octanol–water partition coefficient (Wildman–Crippen LogP) is 5.91. The van der Waals surface area contributed by atoms with Crippen molar-refractivity contribution in [2.45, 2.75) is 65.3 Å². The van der Waals surface area contributed by atoms with Crippen LogP contribution in [0.4, 0.5) is 0 Å². The van der Waals surface area contributed by atoms with Gasteiger partial charge in [-0.25, -0.2) is 0 Å². The van der Waals surface area contributed by atoms with Gasteiger partial charge in [-0.2, -0.15) is 0 Å². The molecule has 3 atom stereocenters. The fourth-order valence-electron chi connectivity index (χ4n) is 3.93. The van der Waals surface area contributed by atoms with Crippen molar-refractivity contribution in [1.82, 2.24) is 5.32 Å². The second kappa shape index (κ2) is 8.19. The zero-order valence-corrected chi connectivity index (χ0v) is 14.5. The van der Waals surface area contributed by atoms with Crippen molar-refractivity contribution in [3.05, 3.63) is 34.3 Å². The second-order valence-electron chi connectivity index (χ2n) is 6.50. The van der Waals surface area contributed by atoms with Gasteiger partial charge in [-0.15, -0.1) is 0 Å². The first-order valence-electron chi connectivity index (χ1n) is 8.67. The van der Waals surface area contributed by atoms with Crippen molar-refractivity contribution in [2.24, 2.45) is 11.8 Å². The fraction of sp³-hybridized carbons (Fsp3) is 0.684. The average molecular weight is 308 g/mol. The molecule has 1 nitrogen and oxygen atoms in total. The molecular formula is C19H30ClN. The third-order valence-electron chi connectivity index (χ3n) is 5.18. The van der Waals surface area contributed by atoms with E-state index in [2.05, 4.69) is 38.2 Å². The molecule has 0 aromatic heterocycles. The van der Waals surface area contributed by atoms with Crippen molar-refractivity contribution in [3.8, 4) is 0 Å². The summed E-state index contributed by atoms with van der Waals surface area (Å²) < 4.78 is 0. The summed E-state index contributed by atoms with van der Waals surface area (Å²) in [5.41, 5.74) is 2.68. The van der Waals surface area contributed by atoms with Crippen molar-refractivity contribution in [3.63, 3.8) is 0 Å². The third-order valence-corrected chi connectivity index (χ3v) is 5.59. The molecule has 118 valence electrons. The van der Waals surface area contributed by atoms with Gasteiger partial charge in [0.2, 0.25) is 0 Å². The summed E-state index contributed by atoms with van der Waals surface area (Å²) in [5.74, 6) is 1.61. The molecule has 0 aliphatic heterocycles. The highest BCUT2D eigenvalue weighted by Crippen LogP contribution is 2.41. The van der Waals surface area contributed by atoms with Crippen LogP contribution in [0.1, 0.15) is 69.5 Å². The van der Waals surface area contributed by atoms with Gasteiger partial charge in [-0.1, -0.05) is 63.3 Å². The maximum atomic E-state index is 6.37. The standard InChI is InChI=1S/C19H30ClN/c1-4-13-21-19(16-11-8-12-18(20)14(16)3)17-10-7-6-9-15(17)5-2/h8,11-12,15,17,19,21H,4-7,9-10,13H2,1-3H3. The van der Waals surface area contributed by atoms with E-state index in [1.54, 1.807) is 0 Å². The number of hydrogen-bond donors (Lipinski definition) is 1. The summed E-state index contributed by atoms with van der Waals surface area (Å²) in [6.07, 6.45) is 8.01. The topological polar surface area (TPSA) is 12.0 Å². The monoisotopic (exact) mass is 307 g/mol. The van der Waals surface area contributed by atoms with E-state index in [0.29, 0.717) is 6.04 Å². The summed E-state index contributed by atoms with van der Waals surface area (Å²) in [6, 6.07) is 6.86. The quantitative estimate of drug-likeness (QED) is 0.689. The lowest BCUT2D eigenvalue weighted by atomic mass is 9.72. The molecule has 1 aliphatic carbocycles. The molecule has 0 spiro atoms. The number of hydrogen-bond acceptors (Lipinski definition) is 1. The lowest BCUT2D eigenvalue weighted by Gasteiger charge is -2.38. The van der Waals surface area contributed by atoms with Crippen LogP contribution in [0, 0.1) is 18.8 Å². The first kappa shape index (κ1) is 16.8. The Morgan fingerprint density at radius 2 is 2.00 bits per heavy atom. The Bertz CT molecular complexity index is 443. The molecule has 0 radical (unpaired) electrons. The maximum Gasteiger partial charge on any atom is 0.0438 e. The maximum absolute atomic E-state index is 6.37. The molecule has 0 heterocycles. The minimum atomic E-state index is 0.467. The minimum absolute atomic E-state index is 0.467. The number of nitrogens with one attached hydrogen (secondary N) is 1. The van der Waals surface area contributed by atoms with Crippen LogP contribution in [0.3, 0.4) is 0 Å². The molecule has 0 saturated heterocycles. The van der Waals surface area contributed by atoms with Crippen molar-refractivity contribution < 1.29 is 0 Å². The zero-order valence-electron chi connectivity index (χ0n) is 13.8. The molecule has 1 aliphatic rings.